The van der Waals surface area contributed by atoms with Crippen LogP contribution in [0.2, 0.25) is 0 Å². The topological polar surface area (TPSA) is 36.4 Å². The lowest BCUT2D eigenvalue weighted by Crippen LogP contribution is -2.24. The Balaban J connectivity index is 2.17. The third-order valence-electron chi connectivity index (χ3n) is 4.53. The lowest BCUT2D eigenvalue weighted by molar-refractivity contribution is 0.282. The third-order valence-corrected chi connectivity index (χ3v) is 5.63. The molecule has 0 bridgehead atoms. The van der Waals surface area contributed by atoms with Gasteiger partial charge in [0.05, 0.1) is 17.2 Å². The van der Waals surface area contributed by atoms with Gasteiger partial charge >= 0.3 is 0 Å². The van der Waals surface area contributed by atoms with Gasteiger partial charge in [-0.05, 0) is 31.1 Å². The average molecular weight is 311 g/mol. The van der Waals surface area contributed by atoms with Gasteiger partial charge in [0.15, 0.2) is 5.13 Å². The Morgan fingerprint density at radius 3 is 2.52 bits per heavy atom. The van der Waals surface area contributed by atoms with Crippen LogP contribution < -0.4 is 4.90 Å². The fourth-order valence-corrected chi connectivity index (χ4v) is 4.33. The molecule has 0 aliphatic carbocycles. The zero-order valence-corrected chi connectivity index (χ0v) is 15.0. The molecule has 0 spiro atoms. The van der Waals surface area contributed by atoms with Crippen LogP contribution in [0.15, 0.2) is 0 Å². The van der Waals surface area contributed by atoms with Crippen molar-refractivity contribution in [3.63, 3.8) is 0 Å². The van der Waals surface area contributed by atoms with E-state index in [1.807, 2.05) is 0 Å². The number of rotatable bonds is 3. The van der Waals surface area contributed by atoms with Crippen molar-refractivity contribution in [2.75, 3.05) is 18.0 Å². The van der Waals surface area contributed by atoms with Crippen LogP contribution in [0.3, 0.4) is 0 Å². The maximum atomic E-state index is 9.62. The van der Waals surface area contributed by atoms with E-state index in [9.17, 15) is 5.11 Å². The summed E-state index contributed by atoms with van der Waals surface area (Å²) in [5.41, 5.74) is 1.06. The van der Waals surface area contributed by atoms with E-state index in [0.717, 1.165) is 40.6 Å². The van der Waals surface area contributed by atoms with Crippen LogP contribution >= 0.6 is 11.3 Å². The van der Waals surface area contributed by atoms with Gasteiger partial charge in [0, 0.05) is 18.5 Å². The van der Waals surface area contributed by atoms with Crippen molar-refractivity contribution in [2.24, 2.45) is 11.8 Å². The average Bonchev–Trinajstić information content (AvgIpc) is 2.69. The van der Waals surface area contributed by atoms with E-state index in [0.29, 0.717) is 0 Å². The van der Waals surface area contributed by atoms with Crippen LogP contribution in [0.1, 0.15) is 64.5 Å². The molecule has 1 saturated heterocycles. The predicted molar refractivity (Wildman–Crippen MR) is 91.1 cm³/mol. The summed E-state index contributed by atoms with van der Waals surface area (Å²) in [4.78, 5) is 8.33. The molecule has 1 aromatic heterocycles. The molecule has 120 valence electrons. The van der Waals surface area contributed by atoms with Crippen LogP contribution in [0, 0.1) is 11.8 Å². The summed E-state index contributed by atoms with van der Waals surface area (Å²) in [5.74, 6) is 1.62. The highest BCUT2D eigenvalue weighted by molar-refractivity contribution is 7.15. The summed E-state index contributed by atoms with van der Waals surface area (Å²) in [5, 5.41) is 10.7. The van der Waals surface area contributed by atoms with Crippen molar-refractivity contribution in [3.8, 4) is 0 Å². The number of hydrogen-bond acceptors (Lipinski definition) is 4. The van der Waals surface area contributed by atoms with E-state index >= 15 is 0 Å². The quantitative estimate of drug-likeness (QED) is 0.909. The zero-order valence-electron chi connectivity index (χ0n) is 14.1. The van der Waals surface area contributed by atoms with Crippen molar-refractivity contribution in [1.29, 1.82) is 0 Å². The van der Waals surface area contributed by atoms with Gasteiger partial charge in [0.1, 0.15) is 0 Å². The highest BCUT2D eigenvalue weighted by Crippen LogP contribution is 2.35. The highest BCUT2D eigenvalue weighted by Gasteiger charge is 2.26. The first-order chi connectivity index (χ1) is 9.82. The molecule has 1 aromatic rings. The molecule has 2 heterocycles. The predicted octanol–water partition coefficient (Wildman–Crippen LogP) is 4.20. The van der Waals surface area contributed by atoms with Crippen LogP contribution in [0.4, 0.5) is 5.13 Å². The van der Waals surface area contributed by atoms with Gasteiger partial charge in [-0.2, -0.15) is 0 Å². The summed E-state index contributed by atoms with van der Waals surface area (Å²) in [6.07, 6.45) is 3.84. The van der Waals surface area contributed by atoms with Gasteiger partial charge in [0.25, 0.3) is 0 Å². The van der Waals surface area contributed by atoms with Crippen LogP contribution in [-0.4, -0.2) is 23.2 Å². The standard InChI is InChI=1S/C17H30N2OS/c1-12(2)13-7-6-9-19(10-8-13)16-18-15(17(3,4)5)14(11-20)21-16/h12-13,20H,6-11H2,1-5H3. The monoisotopic (exact) mass is 310 g/mol. The minimum Gasteiger partial charge on any atom is -0.391 e. The Hall–Kier alpha value is -0.610. The van der Waals surface area contributed by atoms with E-state index in [-0.39, 0.29) is 12.0 Å². The maximum Gasteiger partial charge on any atom is 0.185 e. The van der Waals surface area contributed by atoms with Crippen molar-refractivity contribution in [3.05, 3.63) is 10.6 Å². The summed E-state index contributed by atoms with van der Waals surface area (Å²) in [6.45, 7) is 13.5. The maximum absolute atomic E-state index is 9.62. The number of thiazole rings is 1. The van der Waals surface area contributed by atoms with Crippen molar-refractivity contribution in [2.45, 2.75) is 65.9 Å². The molecular weight excluding hydrogens is 280 g/mol. The fraction of sp³-hybridized carbons (Fsp3) is 0.824. The van der Waals surface area contributed by atoms with Crippen molar-refractivity contribution < 1.29 is 5.11 Å². The van der Waals surface area contributed by atoms with Gasteiger partial charge in [-0.3, -0.25) is 0 Å². The second kappa shape index (κ2) is 6.66. The molecular formula is C17H30N2OS. The lowest BCUT2D eigenvalue weighted by atomic mass is 9.89. The normalized spacial score (nSPS) is 20.9. The molecule has 21 heavy (non-hydrogen) atoms. The third kappa shape index (κ3) is 3.98. The van der Waals surface area contributed by atoms with E-state index in [4.69, 9.17) is 4.98 Å². The molecule has 1 atom stereocenters. The zero-order chi connectivity index (χ0) is 15.6. The molecule has 0 amide bonds. The molecule has 1 aliphatic heterocycles. The van der Waals surface area contributed by atoms with Crippen LogP contribution in [0.5, 0.6) is 0 Å². The van der Waals surface area contributed by atoms with Crippen molar-refractivity contribution in [1.82, 2.24) is 4.98 Å². The molecule has 3 nitrogen and oxygen atoms in total. The molecule has 4 heteroatoms. The summed E-state index contributed by atoms with van der Waals surface area (Å²) in [6, 6.07) is 0. The molecule has 1 unspecified atom stereocenters. The summed E-state index contributed by atoms with van der Waals surface area (Å²) < 4.78 is 0. The molecule has 1 aliphatic rings. The Kier molecular flexibility index (Phi) is 5.31. The Morgan fingerprint density at radius 1 is 1.29 bits per heavy atom. The molecule has 0 aromatic carbocycles. The molecule has 1 fully saturated rings. The van der Waals surface area contributed by atoms with Crippen LogP contribution in [0.25, 0.3) is 0 Å². The van der Waals surface area contributed by atoms with Crippen molar-refractivity contribution >= 4 is 16.5 Å². The van der Waals surface area contributed by atoms with Crippen LogP contribution in [-0.2, 0) is 12.0 Å². The van der Waals surface area contributed by atoms with E-state index in [1.165, 1.54) is 19.3 Å². The minimum atomic E-state index is -0.000863. The fourth-order valence-electron chi connectivity index (χ4n) is 3.15. The minimum absolute atomic E-state index is 0.000863. The largest absolute Gasteiger partial charge is 0.391 e. The Labute approximate surface area is 133 Å². The summed E-state index contributed by atoms with van der Waals surface area (Å²) in [7, 11) is 0. The molecule has 0 radical (unpaired) electrons. The van der Waals surface area contributed by atoms with Gasteiger partial charge in [0.2, 0.25) is 0 Å². The second-order valence-electron chi connectivity index (χ2n) is 7.60. The Morgan fingerprint density at radius 2 is 2.00 bits per heavy atom. The Bertz CT molecular complexity index is 462. The number of nitrogens with zero attached hydrogens (tertiary/aromatic N) is 2. The SMILES string of the molecule is CC(C)C1CCCN(c2nc(C(C)(C)C)c(CO)s2)CC1. The highest BCUT2D eigenvalue weighted by atomic mass is 32.1. The molecule has 1 N–H and O–H groups in total. The van der Waals surface area contributed by atoms with E-state index in [2.05, 4.69) is 39.5 Å². The van der Waals surface area contributed by atoms with Gasteiger partial charge in [-0.1, -0.05) is 46.0 Å². The first-order valence-corrected chi connectivity index (χ1v) is 9.00. The molecule has 0 saturated carbocycles. The summed E-state index contributed by atoms with van der Waals surface area (Å²) >= 11 is 1.68. The van der Waals surface area contributed by atoms with E-state index < -0.39 is 0 Å². The number of anilines is 1. The number of aliphatic hydroxyl groups is 1. The van der Waals surface area contributed by atoms with E-state index in [1.54, 1.807) is 11.3 Å². The molecule has 2 rings (SSSR count). The number of aromatic nitrogens is 1. The number of hydrogen-bond donors (Lipinski definition) is 1. The number of aliphatic hydroxyl groups excluding tert-OH is 1. The second-order valence-corrected chi connectivity index (χ2v) is 8.66. The first-order valence-electron chi connectivity index (χ1n) is 8.19. The van der Waals surface area contributed by atoms with Gasteiger partial charge in [-0.25, -0.2) is 4.98 Å². The van der Waals surface area contributed by atoms with Gasteiger partial charge < -0.3 is 10.0 Å². The smallest absolute Gasteiger partial charge is 0.185 e. The van der Waals surface area contributed by atoms with Gasteiger partial charge in [-0.15, -0.1) is 0 Å². The lowest BCUT2D eigenvalue weighted by Gasteiger charge is -2.21. The first kappa shape index (κ1) is 16.8.